The minimum atomic E-state index is 0.343. The molecular weight excluding hydrogens is 442 g/mol. The lowest BCUT2D eigenvalue weighted by molar-refractivity contribution is 0.673. The van der Waals surface area contributed by atoms with Crippen molar-refractivity contribution in [3.05, 3.63) is 120 Å². The molecule has 2 aromatic heterocycles. The maximum Gasteiger partial charge on any atom is 0.206 e. The van der Waals surface area contributed by atoms with Gasteiger partial charge in [0.15, 0.2) is 0 Å². The maximum atomic E-state index is 10.0. The van der Waals surface area contributed by atoms with Crippen LogP contribution in [0.5, 0.6) is 0 Å². The average molecular weight is 460 g/mol. The molecule has 0 aliphatic rings. The van der Waals surface area contributed by atoms with Crippen LogP contribution in [0.15, 0.2) is 108 Å². The van der Waals surface area contributed by atoms with Gasteiger partial charge in [-0.05, 0) is 47.5 Å². The first kappa shape index (κ1) is 20.1. The number of hydrogen-bond donors (Lipinski definition) is 0. The lowest BCUT2D eigenvalue weighted by Crippen LogP contribution is -1.97. The summed E-state index contributed by atoms with van der Waals surface area (Å²) in [6.45, 7) is 7.58. The minimum Gasteiger partial charge on any atom is -0.455 e. The van der Waals surface area contributed by atoms with Crippen molar-refractivity contribution in [1.82, 2.24) is 4.57 Å². The molecule has 0 bridgehead atoms. The van der Waals surface area contributed by atoms with E-state index in [1.165, 1.54) is 0 Å². The van der Waals surface area contributed by atoms with Crippen LogP contribution in [-0.2, 0) is 0 Å². The van der Waals surface area contributed by atoms with Gasteiger partial charge in [-0.1, -0.05) is 66.7 Å². The average Bonchev–Trinajstić information content (AvgIpc) is 3.48. The van der Waals surface area contributed by atoms with Gasteiger partial charge in [0.2, 0.25) is 5.69 Å². The van der Waals surface area contributed by atoms with Crippen LogP contribution in [0.4, 0.5) is 5.69 Å². The fourth-order valence-electron chi connectivity index (χ4n) is 5.28. The fraction of sp³-hybridized carbons (Fsp3) is 0. The number of rotatable bonds is 2. The van der Waals surface area contributed by atoms with E-state index in [0.29, 0.717) is 16.9 Å². The number of fused-ring (bicyclic) bond motifs is 7. The number of nitriles is 1. The minimum absolute atomic E-state index is 0.343. The molecular formula is C32H17N3O. The lowest BCUT2D eigenvalue weighted by Gasteiger charge is -2.11. The Morgan fingerprint density at radius 2 is 1.53 bits per heavy atom. The van der Waals surface area contributed by atoms with E-state index in [0.717, 1.165) is 54.9 Å². The summed E-state index contributed by atoms with van der Waals surface area (Å²) in [5, 5.41) is 14.2. The van der Waals surface area contributed by atoms with E-state index in [1.807, 2.05) is 48.5 Å². The largest absolute Gasteiger partial charge is 0.455 e. The molecule has 0 fully saturated rings. The first-order chi connectivity index (χ1) is 17.8. The van der Waals surface area contributed by atoms with Gasteiger partial charge in [-0.15, -0.1) is 0 Å². The number of benzene rings is 5. The molecule has 2 heterocycles. The topological polar surface area (TPSA) is 46.2 Å². The monoisotopic (exact) mass is 459 g/mol. The molecule has 0 saturated heterocycles. The van der Waals surface area contributed by atoms with Crippen LogP contribution in [0, 0.1) is 17.9 Å². The number of furan rings is 1. The van der Waals surface area contributed by atoms with Crippen molar-refractivity contribution in [2.45, 2.75) is 0 Å². The van der Waals surface area contributed by atoms with Gasteiger partial charge in [-0.3, -0.25) is 0 Å². The zero-order valence-electron chi connectivity index (χ0n) is 19.1. The summed E-state index contributed by atoms with van der Waals surface area (Å²) < 4.78 is 8.53. The second-order valence-corrected chi connectivity index (χ2v) is 8.76. The molecule has 0 unspecified atom stereocenters. The number of para-hydroxylation sites is 1. The zero-order valence-corrected chi connectivity index (χ0v) is 19.1. The smallest absolute Gasteiger partial charge is 0.206 e. The summed E-state index contributed by atoms with van der Waals surface area (Å²) in [6.07, 6.45) is 0. The van der Waals surface area contributed by atoms with E-state index in [1.54, 1.807) is 6.07 Å². The predicted octanol–water partition coefficient (Wildman–Crippen LogP) is 8.77. The molecule has 0 N–H and O–H groups in total. The SMILES string of the molecule is [C-]#[N+]c1cccc(-n2c3ccc(-c4ccccc4)cc3c3c4oc5ccccc5c4ccc32)c1C#N. The molecule has 36 heavy (non-hydrogen) atoms. The maximum absolute atomic E-state index is 10.0. The predicted molar refractivity (Wildman–Crippen MR) is 144 cm³/mol. The number of hydrogen-bond acceptors (Lipinski definition) is 2. The summed E-state index contributed by atoms with van der Waals surface area (Å²) in [7, 11) is 0. The van der Waals surface area contributed by atoms with Gasteiger partial charge in [0.25, 0.3) is 0 Å². The highest BCUT2D eigenvalue weighted by Crippen LogP contribution is 2.42. The molecule has 0 radical (unpaired) electrons. The van der Waals surface area contributed by atoms with Gasteiger partial charge in [-0.25, -0.2) is 4.85 Å². The standard InChI is InChI=1S/C32H17N3O/c1-34-26-11-7-12-27(25(26)19-33)35-28-16-14-21(20-8-3-2-4-9-20)18-24(28)31-29(35)17-15-23-22-10-5-6-13-30(22)36-32(23)31/h2-18H. The zero-order chi connectivity index (χ0) is 24.2. The van der Waals surface area contributed by atoms with Crippen LogP contribution in [0.25, 0.3) is 65.4 Å². The highest BCUT2D eigenvalue weighted by Gasteiger charge is 2.21. The van der Waals surface area contributed by atoms with Gasteiger partial charge in [0.05, 0.1) is 40.3 Å². The van der Waals surface area contributed by atoms with Crippen LogP contribution in [0.1, 0.15) is 5.56 Å². The highest BCUT2D eigenvalue weighted by atomic mass is 16.3. The molecule has 0 aliphatic heterocycles. The van der Waals surface area contributed by atoms with E-state index in [2.05, 4.69) is 64.0 Å². The summed E-state index contributed by atoms with van der Waals surface area (Å²) in [5.74, 6) is 0. The fourth-order valence-corrected chi connectivity index (χ4v) is 5.28. The Morgan fingerprint density at radius 1 is 0.722 bits per heavy atom. The molecule has 4 nitrogen and oxygen atoms in total. The first-order valence-corrected chi connectivity index (χ1v) is 11.6. The summed E-state index contributed by atoms with van der Waals surface area (Å²) >= 11 is 0. The van der Waals surface area contributed by atoms with E-state index < -0.39 is 0 Å². The van der Waals surface area contributed by atoms with Crippen molar-refractivity contribution in [3.8, 4) is 22.9 Å². The van der Waals surface area contributed by atoms with E-state index in [-0.39, 0.29) is 0 Å². The quantitative estimate of drug-likeness (QED) is 0.243. The van der Waals surface area contributed by atoms with Gasteiger partial charge >= 0.3 is 0 Å². The number of nitrogens with zero attached hydrogens (tertiary/aromatic N) is 3. The first-order valence-electron chi connectivity index (χ1n) is 11.6. The molecule has 0 spiro atoms. The van der Waals surface area contributed by atoms with Gasteiger partial charge in [0, 0.05) is 16.2 Å². The van der Waals surface area contributed by atoms with Crippen molar-refractivity contribution < 1.29 is 4.42 Å². The normalized spacial score (nSPS) is 11.3. The molecule has 0 amide bonds. The highest BCUT2D eigenvalue weighted by molar-refractivity contribution is 6.24. The Labute approximate surface area is 206 Å². The van der Waals surface area contributed by atoms with Crippen molar-refractivity contribution in [1.29, 1.82) is 5.26 Å². The van der Waals surface area contributed by atoms with E-state index in [4.69, 9.17) is 11.0 Å². The van der Waals surface area contributed by atoms with Crippen LogP contribution < -0.4 is 0 Å². The summed E-state index contributed by atoms with van der Waals surface area (Å²) in [4.78, 5) is 3.60. The summed E-state index contributed by atoms with van der Waals surface area (Å²) in [6, 6.07) is 36.6. The Hall–Kier alpha value is -5.32. The Morgan fingerprint density at radius 3 is 2.36 bits per heavy atom. The van der Waals surface area contributed by atoms with Crippen LogP contribution >= 0.6 is 0 Å². The van der Waals surface area contributed by atoms with Crippen molar-refractivity contribution in [3.63, 3.8) is 0 Å². The number of aromatic nitrogens is 1. The third-order valence-electron chi connectivity index (χ3n) is 6.87. The molecule has 5 aromatic carbocycles. The Bertz CT molecular complexity index is 2060. The Kier molecular flexibility index (Phi) is 4.24. The van der Waals surface area contributed by atoms with Gasteiger partial charge < -0.3 is 8.98 Å². The second-order valence-electron chi connectivity index (χ2n) is 8.76. The van der Waals surface area contributed by atoms with E-state index >= 15 is 0 Å². The third kappa shape index (κ3) is 2.73. The molecule has 166 valence electrons. The molecule has 7 rings (SSSR count). The van der Waals surface area contributed by atoms with Crippen molar-refractivity contribution in [2.75, 3.05) is 0 Å². The molecule has 0 saturated carbocycles. The van der Waals surface area contributed by atoms with Crippen LogP contribution in [0.2, 0.25) is 0 Å². The molecule has 0 aliphatic carbocycles. The molecule has 7 aromatic rings. The lowest BCUT2D eigenvalue weighted by atomic mass is 10.0. The molecule has 0 atom stereocenters. The van der Waals surface area contributed by atoms with E-state index in [9.17, 15) is 5.26 Å². The van der Waals surface area contributed by atoms with Crippen LogP contribution in [-0.4, -0.2) is 4.57 Å². The van der Waals surface area contributed by atoms with Gasteiger partial charge in [-0.2, -0.15) is 5.26 Å². The third-order valence-corrected chi connectivity index (χ3v) is 6.87. The summed E-state index contributed by atoms with van der Waals surface area (Å²) in [5.41, 5.74) is 7.18. The van der Waals surface area contributed by atoms with Gasteiger partial charge in [0.1, 0.15) is 11.2 Å². The second kappa shape index (κ2) is 7.60. The Balaban J connectivity index is 1.68. The van der Waals surface area contributed by atoms with Crippen molar-refractivity contribution in [2.24, 2.45) is 0 Å². The van der Waals surface area contributed by atoms with Crippen LogP contribution in [0.3, 0.4) is 0 Å². The molecule has 4 heteroatoms. The van der Waals surface area contributed by atoms with Crippen molar-refractivity contribution >= 4 is 49.4 Å².